The Bertz CT molecular complexity index is 395. The van der Waals surface area contributed by atoms with Gasteiger partial charge in [-0.15, -0.1) is 0 Å². The largest absolute Gasteiger partial charge is 0.402 e. The highest BCUT2D eigenvalue weighted by Crippen LogP contribution is 2.14. The molecule has 10 heteroatoms. The zero-order valence-corrected chi connectivity index (χ0v) is 11.6. The first kappa shape index (κ1) is 18.1. The lowest BCUT2D eigenvalue weighted by atomic mass is 10.2. The van der Waals surface area contributed by atoms with Crippen molar-refractivity contribution in [1.82, 2.24) is 9.03 Å². The van der Waals surface area contributed by atoms with Gasteiger partial charge >= 0.3 is 6.18 Å². The first-order chi connectivity index (χ1) is 8.44. The molecule has 0 saturated carbocycles. The summed E-state index contributed by atoms with van der Waals surface area (Å²) in [4.78, 5) is 0. The maximum Gasteiger partial charge on any atom is 0.402 e. The highest BCUT2D eigenvalue weighted by atomic mass is 32.2. The van der Waals surface area contributed by atoms with Crippen molar-refractivity contribution in [3.05, 3.63) is 0 Å². The van der Waals surface area contributed by atoms with Crippen molar-refractivity contribution in [2.45, 2.75) is 26.4 Å². The van der Waals surface area contributed by atoms with Crippen molar-refractivity contribution in [3.8, 4) is 0 Å². The highest BCUT2D eigenvalue weighted by Gasteiger charge is 2.32. The van der Waals surface area contributed by atoms with Crippen LogP contribution in [0.3, 0.4) is 0 Å². The Morgan fingerprint density at radius 2 is 1.95 bits per heavy atom. The minimum atomic E-state index is -4.61. The van der Waals surface area contributed by atoms with E-state index in [0.717, 1.165) is 4.31 Å². The second-order valence-corrected chi connectivity index (χ2v) is 6.22. The van der Waals surface area contributed by atoms with Crippen LogP contribution in [0.1, 0.15) is 20.3 Å². The molecule has 114 valence electrons. The normalized spacial score (nSPS) is 13.2. The van der Waals surface area contributed by atoms with Crippen molar-refractivity contribution in [1.29, 1.82) is 5.41 Å². The van der Waals surface area contributed by atoms with Crippen LogP contribution in [0.15, 0.2) is 0 Å². The molecule has 0 aliphatic rings. The minimum Gasteiger partial charge on any atom is -0.388 e. The summed E-state index contributed by atoms with van der Waals surface area (Å²) in [5.41, 5.74) is 5.12. The maximum absolute atomic E-state index is 12.0. The number of nitrogens with two attached hydrogens (primary N) is 1. The number of halogens is 3. The number of hydrogen-bond acceptors (Lipinski definition) is 3. The molecule has 0 aromatic carbocycles. The lowest BCUT2D eigenvalue weighted by molar-refractivity contribution is -0.121. The third kappa shape index (κ3) is 8.78. The first-order valence-electron chi connectivity index (χ1n) is 5.58. The van der Waals surface area contributed by atoms with Gasteiger partial charge in [0, 0.05) is 19.5 Å². The number of amidine groups is 1. The Morgan fingerprint density at radius 1 is 1.42 bits per heavy atom. The summed E-state index contributed by atoms with van der Waals surface area (Å²) >= 11 is 0. The summed E-state index contributed by atoms with van der Waals surface area (Å²) in [5, 5.41) is 7.03. The number of nitrogens with zero attached hydrogens (tertiary/aromatic N) is 1. The van der Waals surface area contributed by atoms with E-state index >= 15 is 0 Å². The molecule has 0 spiro atoms. The van der Waals surface area contributed by atoms with E-state index in [0.29, 0.717) is 0 Å². The molecule has 0 aromatic heterocycles. The van der Waals surface area contributed by atoms with Crippen LogP contribution in [0.2, 0.25) is 0 Å². The second kappa shape index (κ2) is 7.06. The van der Waals surface area contributed by atoms with Crippen LogP contribution >= 0.6 is 0 Å². The molecule has 0 unspecified atom stereocenters. The highest BCUT2D eigenvalue weighted by molar-refractivity contribution is 7.87. The van der Waals surface area contributed by atoms with Gasteiger partial charge in [0.15, 0.2) is 0 Å². The Balaban J connectivity index is 4.75. The number of hydrogen-bond donors (Lipinski definition) is 3. The molecule has 0 aliphatic heterocycles. The van der Waals surface area contributed by atoms with Gasteiger partial charge < -0.3 is 5.73 Å². The van der Waals surface area contributed by atoms with Gasteiger partial charge in [-0.2, -0.15) is 30.6 Å². The van der Waals surface area contributed by atoms with Gasteiger partial charge in [0.1, 0.15) is 6.54 Å². The lowest BCUT2D eigenvalue weighted by Crippen LogP contribution is -2.46. The number of rotatable bonds is 8. The fourth-order valence-corrected chi connectivity index (χ4v) is 2.58. The molecule has 0 bridgehead atoms. The summed E-state index contributed by atoms with van der Waals surface area (Å²) in [7, 11) is -4.24. The van der Waals surface area contributed by atoms with E-state index < -0.39 is 22.9 Å². The van der Waals surface area contributed by atoms with Crippen LogP contribution < -0.4 is 10.5 Å². The standard InChI is InChI=1S/C9H19F3N4O2S/c1-7(2)5-16(4-3-8(13)14)19(17,18)15-6-9(10,11)12/h7,15H,3-6H2,1-2H3,(H3,13,14). The molecule has 0 amide bonds. The zero-order valence-electron chi connectivity index (χ0n) is 10.8. The Labute approximate surface area is 110 Å². The second-order valence-electron chi connectivity index (χ2n) is 4.47. The van der Waals surface area contributed by atoms with E-state index in [-0.39, 0.29) is 31.3 Å². The summed E-state index contributed by atoms with van der Waals surface area (Å²) < 4.78 is 61.9. The Hall–Kier alpha value is -0.870. The topological polar surface area (TPSA) is 99.3 Å². The van der Waals surface area contributed by atoms with Gasteiger partial charge in [-0.1, -0.05) is 13.8 Å². The van der Waals surface area contributed by atoms with Crippen LogP contribution in [-0.4, -0.2) is 44.4 Å². The third-order valence-corrected chi connectivity index (χ3v) is 3.51. The molecule has 19 heavy (non-hydrogen) atoms. The fourth-order valence-electron chi connectivity index (χ4n) is 1.23. The molecule has 0 fully saturated rings. The number of nitrogens with one attached hydrogen (secondary N) is 2. The van der Waals surface area contributed by atoms with Gasteiger partial charge in [0.2, 0.25) is 0 Å². The molecule has 6 nitrogen and oxygen atoms in total. The van der Waals surface area contributed by atoms with Crippen LogP contribution in [0.5, 0.6) is 0 Å². The zero-order chi connectivity index (χ0) is 15.3. The molecule has 0 atom stereocenters. The van der Waals surface area contributed by atoms with Crippen molar-refractivity contribution in [2.75, 3.05) is 19.6 Å². The number of alkyl halides is 3. The predicted octanol–water partition coefficient (Wildman–Crippen LogP) is 0.667. The van der Waals surface area contributed by atoms with E-state index in [9.17, 15) is 21.6 Å². The van der Waals surface area contributed by atoms with Gasteiger partial charge in [0.25, 0.3) is 10.2 Å². The van der Waals surface area contributed by atoms with E-state index in [4.69, 9.17) is 11.1 Å². The molecule has 0 saturated heterocycles. The average Bonchev–Trinajstić information content (AvgIpc) is 2.19. The molecule has 0 rings (SSSR count). The quantitative estimate of drug-likeness (QED) is 0.454. The molecular formula is C9H19F3N4O2S. The molecule has 0 radical (unpaired) electrons. The molecular weight excluding hydrogens is 285 g/mol. The SMILES string of the molecule is CC(C)CN(CCC(=N)N)S(=O)(=O)NCC(F)(F)F. The Morgan fingerprint density at radius 3 is 2.32 bits per heavy atom. The summed E-state index contributed by atoms with van der Waals surface area (Å²) in [6.07, 6.45) is -4.64. The van der Waals surface area contributed by atoms with Crippen LogP contribution in [0.4, 0.5) is 13.2 Å². The van der Waals surface area contributed by atoms with E-state index in [1.54, 1.807) is 13.8 Å². The van der Waals surface area contributed by atoms with Gasteiger partial charge in [-0.3, -0.25) is 5.41 Å². The van der Waals surface area contributed by atoms with Gasteiger partial charge in [-0.25, -0.2) is 0 Å². The average molecular weight is 304 g/mol. The van der Waals surface area contributed by atoms with Crippen molar-refractivity contribution in [3.63, 3.8) is 0 Å². The minimum absolute atomic E-state index is 0.0281. The predicted molar refractivity (Wildman–Crippen MR) is 65.9 cm³/mol. The monoisotopic (exact) mass is 304 g/mol. The van der Waals surface area contributed by atoms with E-state index in [1.165, 1.54) is 4.72 Å². The lowest BCUT2D eigenvalue weighted by Gasteiger charge is -2.24. The maximum atomic E-state index is 12.0. The third-order valence-electron chi connectivity index (χ3n) is 1.99. The summed E-state index contributed by atoms with van der Waals surface area (Å²) in [6.45, 7) is 1.78. The first-order valence-corrected chi connectivity index (χ1v) is 7.02. The molecule has 0 aromatic rings. The molecule has 0 heterocycles. The Kier molecular flexibility index (Phi) is 6.73. The smallest absolute Gasteiger partial charge is 0.388 e. The van der Waals surface area contributed by atoms with E-state index in [2.05, 4.69) is 0 Å². The van der Waals surface area contributed by atoms with Crippen molar-refractivity contribution < 1.29 is 21.6 Å². The van der Waals surface area contributed by atoms with Crippen molar-refractivity contribution in [2.24, 2.45) is 11.7 Å². The van der Waals surface area contributed by atoms with Crippen molar-refractivity contribution >= 4 is 16.0 Å². The summed E-state index contributed by atoms with van der Waals surface area (Å²) in [5.74, 6) is -0.283. The summed E-state index contributed by atoms with van der Waals surface area (Å²) in [6, 6.07) is 0. The van der Waals surface area contributed by atoms with Crippen LogP contribution in [-0.2, 0) is 10.2 Å². The van der Waals surface area contributed by atoms with Gasteiger partial charge in [-0.05, 0) is 5.92 Å². The van der Waals surface area contributed by atoms with Crippen LogP contribution in [0, 0.1) is 11.3 Å². The molecule has 0 aliphatic carbocycles. The van der Waals surface area contributed by atoms with Gasteiger partial charge in [0.05, 0.1) is 5.84 Å². The fraction of sp³-hybridized carbons (Fsp3) is 0.889. The molecule has 4 N–H and O–H groups in total. The van der Waals surface area contributed by atoms with E-state index in [1.807, 2.05) is 0 Å². The van der Waals surface area contributed by atoms with Crippen LogP contribution in [0.25, 0.3) is 0 Å².